The average Bonchev–Trinajstić information content (AvgIpc) is 3.19. The van der Waals surface area contributed by atoms with Crippen molar-refractivity contribution in [2.24, 2.45) is 7.05 Å². The molecule has 1 aliphatic heterocycles. The first-order chi connectivity index (χ1) is 12.3. The summed E-state index contributed by atoms with van der Waals surface area (Å²) < 4.78 is 39.2. The van der Waals surface area contributed by atoms with Crippen LogP contribution in [0.1, 0.15) is 22.1 Å². The van der Waals surface area contributed by atoms with Crippen molar-refractivity contribution in [2.45, 2.75) is 6.04 Å². The van der Waals surface area contributed by atoms with E-state index in [0.29, 0.717) is 22.2 Å². The molecule has 1 saturated heterocycles. The predicted molar refractivity (Wildman–Crippen MR) is 93.9 cm³/mol. The third-order valence-electron chi connectivity index (χ3n) is 4.61. The van der Waals surface area contributed by atoms with Gasteiger partial charge < -0.3 is 9.88 Å². The summed E-state index contributed by atoms with van der Waals surface area (Å²) in [7, 11) is -1.51. The Hall–Kier alpha value is -2.68. The molecule has 1 unspecified atom stereocenters. The van der Waals surface area contributed by atoms with Gasteiger partial charge in [-0.25, -0.2) is 12.8 Å². The maximum Gasteiger partial charge on any atom is 0.270 e. The van der Waals surface area contributed by atoms with Gasteiger partial charge in [-0.05, 0) is 24.3 Å². The van der Waals surface area contributed by atoms with Gasteiger partial charge in [0.15, 0.2) is 9.84 Å². The van der Waals surface area contributed by atoms with Crippen LogP contribution in [0.4, 0.5) is 4.39 Å². The fourth-order valence-corrected chi connectivity index (χ4v) is 4.81. The summed E-state index contributed by atoms with van der Waals surface area (Å²) in [5.41, 5.74) is 1.63. The predicted octanol–water partition coefficient (Wildman–Crippen LogP) is 1.65. The number of hydrogen-bond acceptors (Lipinski definition) is 4. The van der Waals surface area contributed by atoms with Gasteiger partial charge in [0.05, 0.1) is 23.7 Å². The first kappa shape index (κ1) is 16.8. The zero-order chi connectivity index (χ0) is 18.5. The monoisotopic (exact) mass is 376 g/mol. The molecule has 1 aliphatic rings. The lowest BCUT2D eigenvalue weighted by Gasteiger charge is -2.34. The van der Waals surface area contributed by atoms with Crippen LogP contribution >= 0.6 is 0 Å². The molecule has 7 nitrogen and oxygen atoms in total. The summed E-state index contributed by atoms with van der Waals surface area (Å²) in [6.07, 6.45) is 3.29. The van der Waals surface area contributed by atoms with Crippen LogP contribution in [0.3, 0.4) is 0 Å². The van der Waals surface area contributed by atoms with Gasteiger partial charge in [-0.15, -0.1) is 0 Å². The number of H-pyrrole nitrogens is 1. The number of halogens is 1. The quantitative estimate of drug-likeness (QED) is 0.737. The molecule has 26 heavy (non-hydrogen) atoms. The Morgan fingerprint density at radius 1 is 1.35 bits per heavy atom. The third-order valence-corrected chi connectivity index (χ3v) is 6.24. The van der Waals surface area contributed by atoms with Crippen LogP contribution in [0.15, 0.2) is 36.7 Å². The molecule has 1 atom stereocenters. The fraction of sp³-hybridized carbons (Fsp3) is 0.294. The number of carbonyl (C=O) groups excluding carboxylic acids is 1. The van der Waals surface area contributed by atoms with E-state index in [4.69, 9.17) is 0 Å². The first-order valence-corrected chi connectivity index (χ1v) is 9.93. The van der Waals surface area contributed by atoms with Crippen molar-refractivity contribution in [2.75, 3.05) is 18.1 Å². The largest absolute Gasteiger partial charge is 0.351 e. The molecule has 1 aromatic carbocycles. The molecule has 9 heteroatoms. The van der Waals surface area contributed by atoms with E-state index in [1.807, 2.05) is 0 Å². The van der Waals surface area contributed by atoms with Crippen molar-refractivity contribution in [1.82, 2.24) is 19.7 Å². The number of sulfone groups is 1. The molecule has 136 valence electrons. The van der Waals surface area contributed by atoms with E-state index in [9.17, 15) is 17.6 Å². The molecule has 0 saturated carbocycles. The Kier molecular flexibility index (Phi) is 3.83. The first-order valence-electron chi connectivity index (χ1n) is 8.11. The number of aryl methyl sites for hydroxylation is 1. The molecule has 1 amide bonds. The lowest BCUT2D eigenvalue weighted by molar-refractivity contribution is 0.0692. The Morgan fingerprint density at radius 3 is 2.88 bits per heavy atom. The minimum atomic E-state index is -3.24. The Labute approximate surface area is 149 Å². The number of nitrogens with zero attached hydrogens (tertiary/aromatic N) is 3. The Morgan fingerprint density at radius 2 is 2.15 bits per heavy atom. The summed E-state index contributed by atoms with van der Waals surface area (Å²) >= 11 is 0. The smallest absolute Gasteiger partial charge is 0.270 e. The van der Waals surface area contributed by atoms with E-state index in [1.54, 1.807) is 41.2 Å². The number of aromatic nitrogens is 3. The maximum absolute atomic E-state index is 13.4. The van der Waals surface area contributed by atoms with E-state index in [2.05, 4.69) is 10.1 Å². The molecular weight excluding hydrogens is 359 g/mol. The van der Waals surface area contributed by atoms with Gasteiger partial charge in [0.2, 0.25) is 0 Å². The van der Waals surface area contributed by atoms with E-state index in [-0.39, 0.29) is 29.8 Å². The highest BCUT2D eigenvalue weighted by Gasteiger charge is 2.36. The van der Waals surface area contributed by atoms with Crippen molar-refractivity contribution in [3.8, 4) is 0 Å². The van der Waals surface area contributed by atoms with Crippen LogP contribution in [0.2, 0.25) is 0 Å². The standard InChI is InChI=1S/C17H17FN4O3S/c1-21-9-12(8-19-21)16-10-26(24,25)5-4-22(16)17(23)15-7-11-6-13(18)2-3-14(11)20-15/h2-3,6-9,16,20H,4-5,10H2,1H3. The maximum atomic E-state index is 13.4. The van der Waals surface area contributed by atoms with Crippen molar-refractivity contribution >= 4 is 26.6 Å². The van der Waals surface area contributed by atoms with Gasteiger partial charge >= 0.3 is 0 Å². The average molecular weight is 376 g/mol. The van der Waals surface area contributed by atoms with Gasteiger partial charge in [-0.2, -0.15) is 5.10 Å². The number of benzene rings is 1. The molecule has 1 fully saturated rings. The van der Waals surface area contributed by atoms with Gasteiger partial charge in [-0.3, -0.25) is 9.48 Å². The molecular formula is C17H17FN4O3S. The van der Waals surface area contributed by atoms with Crippen molar-refractivity contribution in [3.63, 3.8) is 0 Å². The molecule has 3 heterocycles. The zero-order valence-corrected chi connectivity index (χ0v) is 14.8. The summed E-state index contributed by atoms with van der Waals surface area (Å²) in [5.74, 6) is -0.915. The van der Waals surface area contributed by atoms with Gasteiger partial charge in [0.1, 0.15) is 11.5 Å². The number of hydrogen-bond donors (Lipinski definition) is 1. The Balaban J connectivity index is 1.71. The molecule has 4 rings (SSSR count). The highest BCUT2D eigenvalue weighted by Crippen LogP contribution is 2.29. The number of aromatic amines is 1. The summed E-state index contributed by atoms with van der Waals surface area (Å²) in [6, 6.07) is 5.23. The minimum Gasteiger partial charge on any atom is -0.351 e. The molecule has 0 bridgehead atoms. The van der Waals surface area contributed by atoms with E-state index in [1.165, 1.54) is 12.1 Å². The van der Waals surface area contributed by atoms with Crippen LogP contribution in [0.25, 0.3) is 10.9 Å². The second kappa shape index (κ2) is 5.94. The zero-order valence-electron chi connectivity index (χ0n) is 14.0. The summed E-state index contributed by atoms with van der Waals surface area (Å²) in [4.78, 5) is 17.6. The number of amides is 1. The molecule has 1 N–H and O–H groups in total. The van der Waals surface area contributed by atoms with Crippen LogP contribution in [-0.4, -0.2) is 52.0 Å². The molecule has 3 aromatic rings. The third kappa shape index (κ3) is 2.98. The topological polar surface area (TPSA) is 88.1 Å². The highest BCUT2D eigenvalue weighted by molar-refractivity contribution is 7.91. The Bertz CT molecular complexity index is 1100. The number of carbonyl (C=O) groups is 1. The lowest BCUT2D eigenvalue weighted by atomic mass is 10.1. The normalized spacial score (nSPS) is 19.8. The van der Waals surface area contributed by atoms with E-state index >= 15 is 0 Å². The van der Waals surface area contributed by atoms with Crippen molar-refractivity contribution in [3.05, 3.63) is 53.7 Å². The van der Waals surface area contributed by atoms with Crippen LogP contribution in [0, 0.1) is 5.82 Å². The SMILES string of the molecule is Cn1cc(C2CS(=O)(=O)CCN2C(=O)c2cc3cc(F)ccc3[nH]2)cn1. The molecule has 0 spiro atoms. The van der Waals surface area contributed by atoms with Crippen molar-refractivity contribution in [1.29, 1.82) is 0 Å². The second-order valence-electron chi connectivity index (χ2n) is 6.49. The number of rotatable bonds is 2. The van der Waals surface area contributed by atoms with Crippen LogP contribution in [-0.2, 0) is 16.9 Å². The second-order valence-corrected chi connectivity index (χ2v) is 8.72. The number of fused-ring (bicyclic) bond motifs is 1. The fourth-order valence-electron chi connectivity index (χ4n) is 3.31. The molecule has 0 radical (unpaired) electrons. The minimum absolute atomic E-state index is 0.0790. The van der Waals surface area contributed by atoms with Gasteiger partial charge in [0.25, 0.3) is 5.91 Å². The summed E-state index contributed by atoms with van der Waals surface area (Å²) in [5, 5.41) is 4.68. The summed E-state index contributed by atoms with van der Waals surface area (Å²) in [6.45, 7) is 0.102. The van der Waals surface area contributed by atoms with Crippen molar-refractivity contribution < 1.29 is 17.6 Å². The van der Waals surface area contributed by atoms with E-state index in [0.717, 1.165) is 0 Å². The van der Waals surface area contributed by atoms with Crippen LogP contribution in [0.5, 0.6) is 0 Å². The lowest BCUT2D eigenvalue weighted by Crippen LogP contribution is -2.46. The van der Waals surface area contributed by atoms with Gasteiger partial charge in [0, 0.05) is 36.3 Å². The van der Waals surface area contributed by atoms with Crippen LogP contribution < -0.4 is 0 Å². The highest BCUT2D eigenvalue weighted by atomic mass is 32.2. The molecule has 0 aliphatic carbocycles. The van der Waals surface area contributed by atoms with Gasteiger partial charge in [-0.1, -0.05) is 0 Å². The van der Waals surface area contributed by atoms with E-state index < -0.39 is 15.9 Å². The molecule has 2 aromatic heterocycles. The number of nitrogens with one attached hydrogen (secondary N) is 1.